The van der Waals surface area contributed by atoms with Crippen molar-refractivity contribution in [3.8, 4) is 0 Å². The number of sulfone groups is 1. The molecule has 3 aliphatic rings. The van der Waals surface area contributed by atoms with E-state index in [1.54, 1.807) is 4.68 Å². The monoisotopic (exact) mass is 309 g/mol. The number of rotatable bonds is 2. The highest BCUT2D eigenvalue weighted by Crippen LogP contribution is 2.53. The highest BCUT2D eigenvalue weighted by atomic mass is 32.2. The maximum Gasteiger partial charge on any atom is 0.152 e. The second kappa shape index (κ2) is 4.48. The smallest absolute Gasteiger partial charge is 0.152 e. The average Bonchev–Trinajstić information content (AvgIpc) is 3.17. The van der Waals surface area contributed by atoms with Gasteiger partial charge < -0.3 is 5.73 Å². The Labute approximate surface area is 125 Å². The van der Waals surface area contributed by atoms with E-state index in [4.69, 9.17) is 10.8 Å². The molecule has 6 heteroatoms. The summed E-state index contributed by atoms with van der Waals surface area (Å²) in [6, 6.07) is -0.0685. The Kier molecular flexibility index (Phi) is 2.90. The minimum atomic E-state index is -2.91. The van der Waals surface area contributed by atoms with Gasteiger partial charge in [-0.1, -0.05) is 6.42 Å². The molecule has 1 aliphatic heterocycles. The van der Waals surface area contributed by atoms with E-state index < -0.39 is 9.84 Å². The number of nitrogens with two attached hydrogens (primary N) is 1. The molecule has 2 saturated carbocycles. The number of nitrogen functional groups attached to an aromatic ring is 1. The molecule has 116 valence electrons. The van der Waals surface area contributed by atoms with Crippen LogP contribution in [-0.4, -0.2) is 29.7 Å². The minimum absolute atomic E-state index is 0.0685. The lowest BCUT2D eigenvalue weighted by molar-refractivity contribution is 0.403. The van der Waals surface area contributed by atoms with E-state index in [2.05, 4.69) is 0 Å². The Bertz CT molecular complexity index is 679. The van der Waals surface area contributed by atoms with Crippen molar-refractivity contribution in [2.75, 3.05) is 17.2 Å². The minimum Gasteiger partial charge on any atom is -0.384 e. The molecular weight excluding hydrogens is 286 g/mol. The van der Waals surface area contributed by atoms with Crippen LogP contribution in [0.15, 0.2) is 0 Å². The van der Waals surface area contributed by atoms with E-state index in [1.807, 2.05) is 6.92 Å². The molecule has 2 bridgehead atoms. The summed E-state index contributed by atoms with van der Waals surface area (Å²) in [4.78, 5) is 0. The topological polar surface area (TPSA) is 78.0 Å². The van der Waals surface area contributed by atoms with E-state index >= 15 is 0 Å². The first-order valence-electron chi connectivity index (χ1n) is 7.99. The molecule has 0 amide bonds. The van der Waals surface area contributed by atoms with Gasteiger partial charge in [-0.3, -0.25) is 0 Å². The van der Waals surface area contributed by atoms with Crippen molar-refractivity contribution in [1.29, 1.82) is 0 Å². The lowest BCUT2D eigenvalue weighted by Crippen LogP contribution is -2.15. The summed E-state index contributed by atoms with van der Waals surface area (Å²) >= 11 is 0. The van der Waals surface area contributed by atoms with Gasteiger partial charge in [0, 0.05) is 11.5 Å². The highest BCUT2D eigenvalue weighted by molar-refractivity contribution is 7.91. The van der Waals surface area contributed by atoms with Crippen molar-refractivity contribution >= 4 is 15.7 Å². The zero-order chi connectivity index (χ0) is 14.8. The second-order valence-electron chi connectivity index (χ2n) is 7.18. The lowest BCUT2D eigenvalue weighted by atomic mass is 9.85. The third-order valence-electron chi connectivity index (χ3n) is 5.87. The first-order chi connectivity index (χ1) is 9.94. The Hall–Kier alpha value is -1.04. The summed E-state index contributed by atoms with van der Waals surface area (Å²) in [5.41, 5.74) is 8.47. The van der Waals surface area contributed by atoms with Crippen LogP contribution >= 0.6 is 0 Å². The SMILES string of the molecule is Cc1c(C2CC3CCC2C3)nn(C2CCS(=O)(=O)C2)c1N. The Morgan fingerprint density at radius 3 is 2.62 bits per heavy atom. The third-order valence-corrected chi connectivity index (χ3v) is 7.62. The van der Waals surface area contributed by atoms with Gasteiger partial charge in [-0.05, 0) is 44.4 Å². The van der Waals surface area contributed by atoms with Crippen LogP contribution in [0.1, 0.15) is 55.3 Å². The molecule has 21 heavy (non-hydrogen) atoms. The molecule has 2 heterocycles. The molecule has 4 rings (SSSR count). The van der Waals surface area contributed by atoms with Gasteiger partial charge in [0.25, 0.3) is 0 Å². The lowest BCUT2D eigenvalue weighted by Gasteiger charge is -2.20. The van der Waals surface area contributed by atoms with Crippen LogP contribution in [0.2, 0.25) is 0 Å². The van der Waals surface area contributed by atoms with Crippen LogP contribution in [0, 0.1) is 18.8 Å². The first-order valence-corrected chi connectivity index (χ1v) is 9.81. The van der Waals surface area contributed by atoms with Gasteiger partial charge >= 0.3 is 0 Å². The molecule has 1 saturated heterocycles. The molecule has 4 atom stereocenters. The molecule has 0 aromatic carbocycles. The molecule has 4 unspecified atom stereocenters. The zero-order valence-electron chi connectivity index (χ0n) is 12.5. The van der Waals surface area contributed by atoms with Crippen molar-refractivity contribution < 1.29 is 8.42 Å². The van der Waals surface area contributed by atoms with E-state index in [0.29, 0.717) is 18.2 Å². The van der Waals surface area contributed by atoms with Crippen molar-refractivity contribution in [3.05, 3.63) is 11.3 Å². The normalized spacial score (nSPS) is 37.4. The highest BCUT2D eigenvalue weighted by Gasteiger charge is 2.43. The van der Waals surface area contributed by atoms with Crippen LogP contribution in [0.25, 0.3) is 0 Å². The molecule has 2 N–H and O–H groups in total. The Morgan fingerprint density at radius 2 is 2.05 bits per heavy atom. The Morgan fingerprint density at radius 1 is 1.24 bits per heavy atom. The van der Waals surface area contributed by atoms with Gasteiger partial charge in [0.15, 0.2) is 9.84 Å². The van der Waals surface area contributed by atoms with Crippen LogP contribution in [0.4, 0.5) is 5.82 Å². The quantitative estimate of drug-likeness (QED) is 0.907. The molecule has 2 aliphatic carbocycles. The fourth-order valence-electron chi connectivity index (χ4n) is 4.73. The second-order valence-corrected chi connectivity index (χ2v) is 9.41. The number of aromatic nitrogens is 2. The molecule has 0 spiro atoms. The van der Waals surface area contributed by atoms with Gasteiger partial charge in [0.05, 0.1) is 23.2 Å². The summed E-state index contributed by atoms with van der Waals surface area (Å²) in [6.07, 6.45) is 5.92. The number of anilines is 1. The van der Waals surface area contributed by atoms with Gasteiger partial charge in [-0.2, -0.15) is 5.10 Å². The summed E-state index contributed by atoms with van der Waals surface area (Å²) < 4.78 is 25.2. The number of fused-ring (bicyclic) bond motifs is 2. The molecule has 1 aromatic heterocycles. The maximum absolute atomic E-state index is 11.7. The predicted molar refractivity (Wildman–Crippen MR) is 81.9 cm³/mol. The largest absolute Gasteiger partial charge is 0.384 e. The van der Waals surface area contributed by atoms with Crippen molar-refractivity contribution in [2.45, 2.75) is 51.0 Å². The van der Waals surface area contributed by atoms with Crippen molar-refractivity contribution in [2.24, 2.45) is 11.8 Å². The van der Waals surface area contributed by atoms with Crippen LogP contribution in [-0.2, 0) is 9.84 Å². The first kappa shape index (κ1) is 13.6. The standard InChI is InChI=1S/C15H23N3O2S/c1-9-14(13-7-10-2-3-11(13)6-10)17-18(15(9)16)12-4-5-21(19,20)8-12/h10-13H,2-8,16H2,1H3. The summed E-state index contributed by atoms with van der Waals surface area (Å²) in [5, 5.41) is 4.78. The van der Waals surface area contributed by atoms with Crippen molar-refractivity contribution in [1.82, 2.24) is 9.78 Å². The molecule has 3 fully saturated rings. The molecule has 1 aromatic rings. The van der Waals surface area contributed by atoms with Crippen molar-refractivity contribution in [3.63, 3.8) is 0 Å². The fraction of sp³-hybridized carbons (Fsp3) is 0.800. The summed E-state index contributed by atoms with van der Waals surface area (Å²) in [5.74, 6) is 3.31. The maximum atomic E-state index is 11.7. The van der Waals surface area contributed by atoms with E-state index in [0.717, 1.165) is 23.1 Å². The number of hydrogen-bond donors (Lipinski definition) is 1. The average molecular weight is 309 g/mol. The summed E-state index contributed by atoms with van der Waals surface area (Å²) in [7, 11) is -2.91. The Balaban J connectivity index is 1.67. The van der Waals surface area contributed by atoms with E-state index in [9.17, 15) is 8.42 Å². The third kappa shape index (κ3) is 2.10. The molecular formula is C15H23N3O2S. The van der Waals surface area contributed by atoms with E-state index in [-0.39, 0.29) is 17.5 Å². The zero-order valence-corrected chi connectivity index (χ0v) is 13.3. The van der Waals surface area contributed by atoms with Gasteiger partial charge in [0.1, 0.15) is 5.82 Å². The number of hydrogen-bond acceptors (Lipinski definition) is 4. The van der Waals surface area contributed by atoms with Gasteiger partial charge in [-0.25, -0.2) is 13.1 Å². The van der Waals surface area contributed by atoms with Gasteiger partial charge in [0.2, 0.25) is 0 Å². The van der Waals surface area contributed by atoms with E-state index in [1.165, 1.54) is 25.7 Å². The van der Waals surface area contributed by atoms with Crippen LogP contribution < -0.4 is 5.73 Å². The van der Waals surface area contributed by atoms with Gasteiger partial charge in [-0.15, -0.1) is 0 Å². The molecule has 5 nitrogen and oxygen atoms in total. The predicted octanol–water partition coefficient (Wildman–Crippen LogP) is 2.04. The fourth-order valence-corrected chi connectivity index (χ4v) is 6.42. The summed E-state index contributed by atoms with van der Waals surface area (Å²) in [6.45, 7) is 2.05. The van der Waals surface area contributed by atoms with Crippen LogP contribution in [0.5, 0.6) is 0 Å². The van der Waals surface area contributed by atoms with Crippen LogP contribution in [0.3, 0.4) is 0 Å². The number of nitrogens with zero attached hydrogens (tertiary/aromatic N) is 2. The molecule has 0 radical (unpaired) electrons.